The highest BCUT2D eigenvalue weighted by molar-refractivity contribution is 14.1. The van der Waals surface area contributed by atoms with Crippen LogP contribution in [-0.2, 0) is 10.0 Å². The van der Waals surface area contributed by atoms with Crippen LogP contribution in [0.4, 0.5) is 0 Å². The Morgan fingerprint density at radius 3 is 2.35 bits per heavy atom. The molecule has 1 aromatic carbocycles. The number of nitrogens with one attached hydrogen (secondary N) is 1. The first-order valence-corrected chi connectivity index (χ1v) is 7.81. The second kappa shape index (κ2) is 5.64. The Labute approximate surface area is 116 Å². The maximum atomic E-state index is 11.9. The number of halogens is 1. The van der Waals surface area contributed by atoms with Crippen molar-refractivity contribution in [2.45, 2.75) is 30.8 Å². The Morgan fingerprint density at radius 1 is 1.35 bits per heavy atom. The zero-order valence-corrected chi connectivity index (χ0v) is 12.7. The molecule has 0 aliphatic carbocycles. The molecule has 96 valence electrons. The molecule has 17 heavy (non-hydrogen) atoms. The fourth-order valence-electron chi connectivity index (χ4n) is 1.07. The lowest BCUT2D eigenvalue weighted by Gasteiger charge is -2.21. The van der Waals surface area contributed by atoms with Gasteiger partial charge in [-0.1, -0.05) is 6.92 Å². The summed E-state index contributed by atoms with van der Waals surface area (Å²) in [7, 11) is -3.53. The van der Waals surface area contributed by atoms with E-state index >= 15 is 0 Å². The molecule has 0 aliphatic heterocycles. The first-order chi connectivity index (χ1) is 7.77. The van der Waals surface area contributed by atoms with E-state index in [0.29, 0.717) is 6.42 Å². The monoisotopic (exact) mass is 369 g/mol. The molecule has 0 saturated carbocycles. The lowest BCUT2D eigenvalue weighted by molar-refractivity contribution is 0.0613. The van der Waals surface area contributed by atoms with Gasteiger partial charge in [-0.2, -0.15) is 0 Å². The highest BCUT2D eigenvalue weighted by Crippen LogP contribution is 2.13. The number of sulfonamides is 1. The Morgan fingerprint density at radius 2 is 1.88 bits per heavy atom. The minimum atomic E-state index is -3.53. The largest absolute Gasteiger partial charge is 0.389 e. The van der Waals surface area contributed by atoms with Crippen LogP contribution in [0.1, 0.15) is 20.3 Å². The number of hydrogen-bond donors (Lipinski definition) is 2. The summed E-state index contributed by atoms with van der Waals surface area (Å²) in [4.78, 5) is 0.213. The summed E-state index contributed by atoms with van der Waals surface area (Å²) in [5, 5.41) is 9.75. The molecule has 0 radical (unpaired) electrons. The fourth-order valence-corrected chi connectivity index (χ4v) is 2.59. The minimum absolute atomic E-state index is 0.0117. The molecule has 0 aliphatic rings. The molecule has 1 unspecified atom stereocenters. The normalized spacial score (nSPS) is 15.5. The topological polar surface area (TPSA) is 66.4 Å². The summed E-state index contributed by atoms with van der Waals surface area (Å²) in [6, 6.07) is 6.55. The molecule has 1 rings (SSSR count). The van der Waals surface area contributed by atoms with E-state index in [2.05, 4.69) is 27.3 Å². The summed E-state index contributed by atoms with van der Waals surface area (Å²) in [5.74, 6) is 0. The van der Waals surface area contributed by atoms with Crippen molar-refractivity contribution in [2.75, 3.05) is 6.54 Å². The first-order valence-electron chi connectivity index (χ1n) is 5.24. The standard InChI is InChI=1S/C11H16INO3S/c1-3-11(2,14)8-13-17(15,16)10-6-4-9(12)5-7-10/h4-7,13-14H,3,8H2,1-2H3. The van der Waals surface area contributed by atoms with Gasteiger partial charge in [0.15, 0.2) is 0 Å². The summed E-state index contributed by atoms with van der Waals surface area (Å²) >= 11 is 2.11. The number of hydrogen-bond acceptors (Lipinski definition) is 3. The molecule has 0 fully saturated rings. The summed E-state index contributed by atoms with van der Waals surface area (Å²) in [6.45, 7) is 3.42. The smallest absolute Gasteiger partial charge is 0.240 e. The van der Waals surface area contributed by atoms with Crippen LogP contribution in [0.5, 0.6) is 0 Å². The van der Waals surface area contributed by atoms with Crippen molar-refractivity contribution in [1.29, 1.82) is 0 Å². The number of benzene rings is 1. The van der Waals surface area contributed by atoms with E-state index in [4.69, 9.17) is 0 Å². The average Bonchev–Trinajstić information content (AvgIpc) is 2.27. The third-order valence-electron chi connectivity index (χ3n) is 2.53. The van der Waals surface area contributed by atoms with Gasteiger partial charge < -0.3 is 5.11 Å². The Kier molecular flexibility index (Phi) is 4.94. The average molecular weight is 369 g/mol. The summed E-state index contributed by atoms with van der Waals surface area (Å²) in [5.41, 5.74) is -1.02. The van der Waals surface area contributed by atoms with E-state index in [1.807, 2.05) is 0 Å². The van der Waals surface area contributed by atoms with Crippen LogP contribution in [-0.4, -0.2) is 25.7 Å². The van der Waals surface area contributed by atoms with E-state index in [-0.39, 0.29) is 11.4 Å². The van der Waals surface area contributed by atoms with E-state index in [1.54, 1.807) is 38.1 Å². The van der Waals surface area contributed by atoms with Crippen molar-refractivity contribution in [2.24, 2.45) is 0 Å². The number of aliphatic hydroxyl groups is 1. The van der Waals surface area contributed by atoms with Gasteiger partial charge in [0.1, 0.15) is 0 Å². The zero-order valence-electron chi connectivity index (χ0n) is 9.77. The molecule has 4 nitrogen and oxygen atoms in total. The molecule has 0 bridgehead atoms. The second-order valence-corrected chi connectivity index (χ2v) is 7.14. The molecule has 0 aromatic heterocycles. The van der Waals surface area contributed by atoms with E-state index < -0.39 is 15.6 Å². The maximum Gasteiger partial charge on any atom is 0.240 e. The molecule has 6 heteroatoms. The van der Waals surface area contributed by atoms with Crippen LogP contribution in [0, 0.1) is 3.57 Å². The predicted molar refractivity (Wildman–Crippen MR) is 75.3 cm³/mol. The SMILES string of the molecule is CCC(C)(O)CNS(=O)(=O)c1ccc(I)cc1. The lowest BCUT2D eigenvalue weighted by Crippen LogP contribution is -2.40. The van der Waals surface area contributed by atoms with Gasteiger partial charge in [0.05, 0.1) is 10.5 Å². The molecular weight excluding hydrogens is 353 g/mol. The summed E-state index contributed by atoms with van der Waals surface area (Å²) < 4.78 is 27.1. The van der Waals surface area contributed by atoms with Gasteiger partial charge >= 0.3 is 0 Å². The predicted octanol–water partition coefficient (Wildman–Crippen LogP) is 1.73. The van der Waals surface area contributed by atoms with Gasteiger partial charge in [0.25, 0.3) is 0 Å². The lowest BCUT2D eigenvalue weighted by atomic mass is 10.1. The molecule has 2 N–H and O–H groups in total. The summed E-state index contributed by atoms with van der Waals surface area (Å²) in [6.07, 6.45) is 0.488. The van der Waals surface area contributed by atoms with Crippen molar-refractivity contribution in [3.8, 4) is 0 Å². The van der Waals surface area contributed by atoms with Crippen molar-refractivity contribution >= 4 is 32.6 Å². The van der Waals surface area contributed by atoms with Crippen LogP contribution >= 0.6 is 22.6 Å². The van der Waals surface area contributed by atoms with E-state index in [0.717, 1.165) is 3.57 Å². The van der Waals surface area contributed by atoms with Gasteiger partial charge in [-0.15, -0.1) is 0 Å². The Balaban J connectivity index is 2.79. The third-order valence-corrected chi connectivity index (χ3v) is 4.66. The van der Waals surface area contributed by atoms with Gasteiger partial charge in [-0.05, 0) is 60.2 Å². The second-order valence-electron chi connectivity index (χ2n) is 4.13. The van der Waals surface area contributed by atoms with Gasteiger partial charge in [-0.25, -0.2) is 13.1 Å². The van der Waals surface area contributed by atoms with Crippen molar-refractivity contribution in [1.82, 2.24) is 4.72 Å². The van der Waals surface area contributed by atoms with Crippen molar-refractivity contribution in [3.05, 3.63) is 27.8 Å². The van der Waals surface area contributed by atoms with Crippen LogP contribution in [0.25, 0.3) is 0 Å². The van der Waals surface area contributed by atoms with E-state index in [9.17, 15) is 13.5 Å². The third kappa shape index (κ3) is 4.53. The highest BCUT2D eigenvalue weighted by atomic mass is 127. The minimum Gasteiger partial charge on any atom is -0.389 e. The van der Waals surface area contributed by atoms with Gasteiger partial charge in [0.2, 0.25) is 10.0 Å². The van der Waals surface area contributed by atoms with Crippen molar-refractivity contribution < 1.29 is 13.5 Å². The molecule has 1 aromatic rings. The molecule has 0 heterocycles. The Hall–Kier alpha value is -0.180. The molecule has 0 amide bonds. The highest BCUT2D eigenvalue weighted by Gasteiger charge is 2.22. The van der Waals surface area contributed by atoms with Crippen LogP contribution in [0.15, 0.2) is 29.2 Å². The van der Waals surface area contributed by atoms with Crippen LogP contribution < -0.4 is 4.72 Å². The molecular formula is C11H16INO3S. The van der Waals surface area contributed by atoms with Crippen molar-refractivity contribution in [3.63, 3.8) is 0 Å². The first kappa shape index (κ1) is 14.9. The Bertz CT molecular complexity index is 468. The van der Waals surface area contributed by atoms with Crippen LogP contribution in [0.3, 0.4) is 0 Å². The molecule has 1 atom stereocenters. The van der Waals surface area contributed by atoms with E-state index in [1.165, 1.54) is 0 Å². The van der Waals surface area contributed by atoms with Crippen LogP contribution in [0.2, 0.25) is 0 Å². The molecule has 0 spiro atoms. The maximum absolute atomic E-state index is 11.9. The van der Waals surface area contributed by atoms with Gasteiger partial charge in [-0.3, -0.25) is 0 Å². The molecule has 0 saturated heterocycles. The number of rotatable bonds is 5. The fraction of sp³-hybridized carbons (Fsp3) is 0.455. The quantitative estimate of drug-likeness (QED) is 0.777. The van der Waals surface area contributed by atoms with Gasteiger partial charge in [0, 0.05) is 10.1 Å². The zero-order chi connectivity index (χ0) is 13.1.